The number of benzene rings is 6. The van der Waals surface area contributed by atoms with Crippen molar-refractivity contribution in [2.45, 2.75) is 13.3 Å². The highest BCUT2D eigenvalue weighted by atomic mass is 16.4. The molecule has 0 aliphatic rings. The number of hydrogen-bond acceptors (Lipinski definition) is 2. The number of para-hydroxylation sites is 2. The lowest BCUT2D eigenvalue weighted by Gasteiger charge is -2.26. The van der Waals surface area contributed by atoms with Gasteiger partial charge in [-0.25, -0.2) is 4.79 Å². The summed E-state index contributed by atoms with van der Waals surface area (Å²) >= 11 is 0. The molecule has 0 fully saturated rings. The number of rotatable bonds is 8. The number of anilines is 3. The van der Waals surface area contributed by atoms with E-state index in [1.165, 1.54) is 0 Å². The van der Waals surface area contributed by atoms with E-state index in [0.717, 1.165) is 50.4 Å². The molecule has 42 heavy (non-hydrogen) atoms. The van der Waals surface area contributed by atoms with Crippen LogP contribution in [0.5, 0.6) is 0 Å². The number of nitrogens with zero attached hydrogens (tertiary/aromatic N) is 1. The summed E-state index contributed by atoms with van der Waals surface area (Å²) in [6, 6.07) is 51.0. The molecule has 0 bridgehead atoms. The molecule has 0 atom stereocenters. The molecule has 0 saturated heterocycles. The van der Waals surface area contributed by atoms with E-state index >= 15 is 0 Å². The number of aromatic carboxylic acids is 1. The lowest BCUT2D eigenvalue weighted by molar-refractivity contribution is 0.0698. The Kier molecular flexibility index (Phi) is 7.65. The minimum atomic E-state index is -0.925. The lowest BCUT2D eigenvalue weighted by atomic mass is 9.82. The van der Waals surface area contributed by atoms with E-state index < -0.39 is 5.97 Å². The van der Waals surface area contributed by atoms with E-state index in [9.17, 15) is 9.90 Å². The zero-order valence-electron chi connectivity index (χ0n) is 23.4. The lowest BCUT2D eigenvalue weighted by Crippen LogP contribution is -2.09. The van der Waals surface area contributed by atoms with E-state index in [2.05, 4.69) is 66.4 Å². The summed E-state index contributed by atoms with van der Waals surface area (Å²) in [5.41, 5.74) is 9.92. The maximum atomic E-state index is 12.9. The highest BCUT2D eigenvalue weighted by molar-refractivity contribution is 6.06. The zero-order valence-corrected chi connectivity index (χ0v) is 23.4. The quantitative estimate of drug-likeness (QED) is 0.207. The van der Waals surface area contributed by atoms with Gasteiger partial charge in [0.15, 0.2) is 0 Å². The van der Waals surface area contributed by atoms with Gasteiger partial charge in [-0.05, 0) is 82.3 Å². The zero-order chi connectivity index (χ0) is 28.9. The molecule has 3 nitrogen and oxygen atoms in total. The number of carboxylic acids is 1. The molecule has 0 saturated carbocycles. The fraction of sp³-hybridized carbons (Fsp3) is 0.0513. The molecule has 204 valence electrons. The van der Waals surface area contributed by atoms with Crippen molar-refractivity contribution < 1.29 is 9.90 Å². The number of carboxylic acid groups (broad SMARTS) is 1. The van der Waals surface area contributed by atoms with Gasteiger partial charge in [-0.1, -0.05) is 116 Å². The van der Waals surface area contributed by atoms with Gasteiger partial charge in [-0.15, -0.1) is 0 Å². The first-order valence-corrected chi connectivity index (χ1v) is 14.2. The van der Waals surface area contributed by atoms with Crippen LogP contribution < -0.4 is 4.90 Å². The van der Waals surface area contributed by atoms with Gasteiger partial charge in [0.25, 0.3) is 0 Å². The molecule has 0 amide bonds. The van der Waals surface area contributed by atoms with Crippen molar-refractivity contribution in [1.29, 1.82) is 0 Å². The van der Waals surface area contributed by atoms with E-state index in [0.29, 0.717) is 17.5 Å². The van der Waals surface area contributed by atoms with Crippen LogP contribution in [-0.2, 0) is 6.42 Å². The van der Waals surface area contributed by atoms with Gasteiger partial charge in [0.2, 0.25) is 0 Å². The maximum absolute atomic E-state index is 12.9. The summed E-state index contributed by atoms with van der Waals surface area (Å²) < 4.78 is 0. The Morgan fingerprint density at radius 1 is 0.548 bits per heavy atom. The van der Waals surface area contributed by atoms with Crippen molar-refractivity contribution >= 4 is 23.0 Å². The van der Waals surface area contributed by atoms with E-state index in [1.807, 2.05) is 97.1 Å². The molecule has 6 rings (SSSR count). The Balaban J connectivity index is 1.56. The highest BCUT2D eigenvalue weighted by Gasteiger charge is 2.24. The Bertz CT molecular complexity index is 1760. The van der Waals surface area contributed by atoms with E-state index in [1.54, 1.807) is 0 Å². The first kappa shape index (κ1) is 26.8. The Labute approximate surface area is 247 Å². The molecule has 6 aromatic carbocycles. The van der Waals surface area contributed by atoms with Crippen molar-refractivity contribution in [2.24, 2.45) is 0 Å². The van der Waals surface area contributed by atoms with Crippen LogP contribution in [0.2, 0.25) is 0 Å². The van der Waals surface area contributed by atoms with Crippen LogP contribution in [0.3, 0.4) is 0 Å². The average molecular weight is 546 g/mol. The Hall–Kier alpha value is -5.41. The largest absolute Gasteiger partial charge is 0.478 e. The van der Waals surface area contributed by atoms with Gasteiger partial charge >= 0.3 is 5.97 Å². The van der Waals surface area contributed by atoms with Crippen LogP contribution in [0.15, 0.2) is 152 Å². The van der Waals surface area contributed by atoms with Gasteiger partial charge in [-0.2, -0.15) is 0 Å². The summed E-state index contributed by atoms with van der Waals surface area (Å²) in [5.74, 6) is -0.925. The third kappa shape index (κ3) is 5.21. The van der Waals surface area contributed by atoms with Crippen molar-refractivity contribution in [2.75, 3.05) is 4.90 Å². The van der Waals surface area contributed by atoms with Gasteiger partial charge in [0.05, 0.1) is 5.56 Å². The summed E-state index contributed by atoms with van der Waals surface area (Å²) in [6.45, 7) is 2.10. The highest BCUT2D eigenvalue weighted by Crippen LogP contribution is 2.42. The Morgan fingerprint density at radius 2 is 0.976 bits per heavy atom. The molecule has 6 aromatic rings. The predicted octanol–water partition coefficient (Wildman–Crippen LogP) is 10.4. The van der Waals surface area contributed by atoms with Gasteiger partial charge in [-0.3, -0.25) is 0 Å². The van der Waals surface area contributed by atoms with Crippen LogP contribution in [0.1, 0.15) is 22.8 Å². The van der Waals surface area contributed by atoms with Crippen LogP contribution in [0.4, 0.5) is 17.1 Å². The van der Waals surface area contributed by atoms with Gasteiger partial charge in [0, 0.05) is 22.6 Å². The molecule has 0 aliphatic heterocycles. The summed E-state index contributed by atoms with van der Waals surface area (Å²) in [5, 5.41) is 10.6. The second-order valence-electron chi connectivity index (χ2n) is 10.1. The number of hydrogen-bond donors (Lipinski definition) is 1. The van der Waals surface area contributed by atoms with Crippen molar-refractivity contribution in [3.63, 3.8) is 0 Å². The molecule has 3 heteroatoms. The molecular weight excluding hydrogens is 514 g/mol. The maximum Gasteiger partial charge on any atom is 0.336 e. The normalized spacial score (nSPS) is 10.8. The van der Waals surface area contributed by atoms with Gasteiger partial charge in [0.1, 0.15) is 0 Å². The third-order valence-corrected chi connectivity index (χ3v) is 7.61. The summed E-state index contributed by atoms with van der Waals surface area (Å²) in [6.07, 6.45) is 0.691. The van der Waals surface area contributed by atoms with E-state index in [4.69, 9.17) is 0 Å². The Morgan fingerprint density at radius 3 is 1.45 bits per heavy atom. The van der Waals surface area contributed by atoms with Crippen LogP contribution in [-0.4, -0.2) is 11.1 Å². The topological polar surface area (TPSA) is 40.5 Å². The van der Waals surface area contributed by atoms with Crippen molar-refractivity contribution in [3.8, 4) is 33.4 Å². The van der Waals surface area contributed by atoms with Crippen LogP contribution >= 0.6 is 0 Å². The monoisotopic (exact) mass is 545 g/mol. The van der Waals surface area contributed by atoms with Crippen molar-refractivity contribution in [1.82, 2.24) is 0 Å². The summed E-state index contributed by atoms with van der Waals surface area (Å²) in [7, 11) is 0. The molecular formula is C39H31NO2. The second kappa shape index (κ2) is 12.0. The first-order valence-electron chi connectivity index (χ1n) is 14.2. The molecule has 0 aromatic heterocycles. The number of carbonyl (C=O) groups is 1. The molecule has 1 N–H and O–H groups in total. The fourth-order valence-corrected chi connectivity index (χ4v) is 5.73. The first-order chi connectivity index (χ1) is 20.7. The second-order valence-corrected chi connectivity index (χ2v) is 10.1. The standard InChI is InChI=1S/C39H31NO2/c1-2-34-35(27-36(28-15-7-3-8-16-28)38(39(41)42)37(34)30-17-9-4-10-18-30)29-23-25-33(26-24-29)40(31-19-11-5-12-20-31)32-21-13-6-14-22-32/h3-27H,2H2,1H3,(H,41,42). The van der Waals surface area contributed by atoms with Crippen LogP contribution in [0, 0.1) is 0 Å². The minimum absolute atomic E-state index is 0.337. The fourth-order valence-electron chi connectivity index (χ4n) is 5.73. The predicted molar refractivity (Wildman–Crippen MR) is 174 cm³/mol. The minimum Gasteiger partial charge on any atom is -0.478 e. The van der Waals surface area contributed by atoms with Crippen molar-refractivity contribution in [3.05, 3.63) is 163 Å². The molecule has 0 heterocycles. The smallest absolute Gasteiger partial charge is 0.336 e. The molecule has 0 aliphatic carbocycles. The summed E-state index contributed by atoms with van der Waals surface area (Å²) in [4.78, 5) is 15.1. The van der Waals surface area contributed by atoms with E-state index in [-0.39, 0.29) is 0 Å². The molecule has 0 unspecified atom stereocenters. The van der Waals surface area contributed by atoms with Crippen LogP contribution in [0.25, 0.3) is 33.4 Å². The molecule has 0 radical (unpaired) electrons. The third-order valence-electron chi connectivity index (χ3n) is 7.61. The average Bonchev–Trinajstić information content (AvgIpc) is 3.06. The molecule has 0 spiro atoms. The SMILES string of the molecule is CCc1c(-c2ccc(N(c3ccccc3)c3ccccc3)cc2)cc(-c2ccccc2)c(C(=O)O)c1-c1ccccc1. The van der Waals surface area contributed by atoms with Gasteiger partial charge < -0.3 is 10.0 Å².